The normalized spacial score (nSPS) is 10.8. The van der Waals surface area contributed by atoms with Gasteiger partial charge in [-0.25, -0.2) is 9.59 Å². The van der Waals surface area contributed by atoms with Crippen LogP contribution in [0.5, 0.6) is 0 Å². The molecule has 9 heteroatoms. The lowest BCUT2D eigenvalue weighted by Crippen LogP contribution is -2.25. The number of hydrogen-bond acceptors (Lipinski definition) is 5. The Morgan fingerprint density at radius 2 is 1.61 bits per heavy atom. The van der Waals surface area contributed by atoms with Crippen LogP contribution in [0.2, 0.25) is 0 Å². The largest absolute Gasteiger partial charge is 0.447 e. The number of imidazole rings is 1. The maximum Gasteiger partial charge on any atom is 0.411 e. The summed E-state index contributed by atoms with van der Waals surface area (Å²) >= 11 is 0. The zero-order valence-corrected chi connectivity index (χ0v) is 17.6. The number of hydrogen-bond donors (Lipinski definition) is 2. The first-order chi connectivity index (χ1) is 15.0. The van der Waals surface area contributed by atoms with Crippen molar-refractivity contribution in [1.82, 2.24) is 9.13 Å². The zero-order chi connectivity index (χ0) is 22.2. The molecule has 2 amide bonds. The maximum absolute atomic E-state index is 12.7. The van der Waals surface area contributed by atoms with Crippen molar-refractivity contribution in [3.8, 4) is 0 Å². The molecule has 0 atom stereocenters. The summed E-state index contributed by atoms with van der Waals surface area (Å²) in [6, 6.07) is 14.3. The standard InChI is InChI=1S/C22H26N4O5/c1-3-25-18-9-4-5-10-19(18)26(22(25)29)12-11-20(27)23-16-7-6-8-17(15-16)24-21(28)31-14-13-30-2/h4-10,15H,3,11-14H2,1-2H3,(H,23,27)(H,24,28). The SMILES string of the molecule is CCn1c(=O)n(CCC(=O)Nc2cccc(NC(=O)OCCOC)c2)c2ccccc21. The number of nitrogens with one attached hydrogen (secondary N) is 2. The molecule has 3 rings (SSSR count). The molecule has 0 saturated heterocycles. The highest BCUT2D eigenvalue weighted by Gasteiger charge is 2.13. The average Bonchev–Trinajstić information content (AvgIpc) is 3.03. The fraction of sp³-hybridized carbons (Fsp3) is 0.318. The molecule has 31 heavy (non-hydrogen) atoms. The molecule has 0 radical (unpaired) electrons. The lowest BCUT2D eigenvalue weighted by Gasteiger charge is -2.09. The van der Waals surface area contributed by atoms with Gasteiger partial charge in [0.25, 0.3) is 0 Å². The molecule has 9 nitrogen and oxygen atoms in total. The highest BCUT2D eigenvalue weighted by molar-refractivity contribution is 5.92. The predicted molar refractivity (Wildman–Crippen MR) is 118 cm³/mol. The van der Waals surface area contributed by atoms with E-state index in [9.17, 15) is 14.4 Å². The lowest BCUT2D eigenvalue weighted by molar-refractivity contribution is -0.116. The molecule has 0 fully saturated rings. The number of carbonyl (C=O) groups is 2. The second kappa shape index (κ2) is 10.4. The number of fused-ring (bicyclic) bond motifs is 1. The maximum atomic E-state index is 12.7. The van der Waals surface area contributed by atoms with Gasteiger partial charge in [-0.15, -0.1) is 0 Å². The van der Waals surface area contributed by atoms with E-state index in [1.807, 2.05) is 31.2 Å². The molecular formula is C22H26N4O5. The number of nitrogens with zero attached hydrogens (tertiary/aromatic N) is 2. The van der Waals surface area contributed by atoms with Crippen LogP contribution in [-0.4, -0.2) is 41.5 Å². The summed E-state index contributed by atoms with van der Waals surface area (Å²) in [5.41, 5.74) is 2.55. The third kappa shape index (κ3) is 5.52. The Morgan fingerprint density at radius 3 is 2.29 bits per heavy atom. The van der Waals surface area contributed by atoms with Crippen molar-refractivity contribution in [2.45, 2.75) is 26.4 Å². The third-order valence-electron chi connectivity index (χ3n) is 4.72. The van der Waals surface area contributed by atoms with Crippen LogP contribution in [0.25, 0.3) is 11.0 Å². The summed E-state index contributed by atoms with van der Waals surface area (Å²) in [4.78, 5) is 36.9. The fourth-order valence-corrected chi connectivity index (χ4v) is 3.28. The summed E-state index contributed by atoms with van der Waals surface area (Å²) in [6.07, 6.45) is -0.471. The van der Waals surface area contributed by atoms with E-state index in [1.165, 1.54) is 7.11 Å². The molecular weight excluding hydrogens is 400 g/mol. The minimum absolute atomic E-state index is 0.130. The minimum Gasteiger partial charge on any atom is -0.447 e. The van der Waals surface area contributed by atoms with E-state index in [0.29, 0.717) is 24.5 Å². The van der Waals surface area contributed by atoms with Crippen LogP contribution in [0.4, 0.5) is 16.2 Å². The molecule has 1 aromatic heterocycles. The molecule has 3 aromatic rings. The van der Waals surface area contributed by atoms with Gasteiger partial charge >= 0.3 is 11.8 Å². The van der Waals surface area contributed by atoms with Crippen molar-refractivity contribution in [1.29, 1.82) is 0 Å². The van der Waals surface area contributed by atoms with Crippen molar-refractivity contribution in [3.05, 3.63) is 59.0 Å². The number of aromatic nitrogens is 2. The first-order valence-corrected chi connectivity index (χ1v) is 10.0. The van der Waals surface area contributed by atoms with Crippen LogP contribution < -0.4 is 16.3 Å². The Labute approximate surface area is 179 Å². The lowest BCUT2D eigenvalue weighted by atomic mass is 10.2. The molecule has 0 aliphatic heterocycles. The summed E-state index contributed by atoms with van der Waals surface area (Å²) in [5, 5.41) is 5.39. The van der Waals surface area contributed by atoms with E-state index in [2.05, 4.69) is 10.6 Å². The molecule has 0 aliphatic rings. The number of anilines is 2. The molecule has 164 valence electrons. The minimum atomic E-state index is -0.604. The van der Waals surface area contributed by atoms with E-state index in [4.69, 9.17) is 9.47 Å². The summed E-state index contributed by atoms with van der Waals surface area (Å²) in [7, 11) is 1.52. The Bertz CT molecular complexity index is 1120. The van der Waals surface area contributed by atoms with E-state index in [0.717, 1.165) is 11.0 Å². The highest BCUT2D eigenvalue weighted by Crippen LogP contribution is 2.16. The molecule has 2 aromatic carbocycles. The quantitative estimate of drug-likeness (QED) is 0.512. The predicted octanol–water partition coefficient (Wildman–Crippen LogP) is 3.05. The monoisotopic (exact) mass is 426 g/mol. The number of rotatable bonds is 9. The van der Waals surface area contributed by atoms with Gasteiger partial charge in [-0.2, -0.15) is 0 Å². The molecule has 0 unspecified atom stereocenters. The van der Waals surface area contributed by atoms with Crippen LogP contribution in [-0.2, 0) is 27.4 Å². The molecule has 0 spiro atoms. The van der Waals surface area contributed by atoms with E-state index < -0.39 is 6.09 Å². The smallest absolute Gasteiger partial charge is 0.411 e. The van der Waals surface area contributed by atoms with Crippen molar-refractivity contribution >= 4 is 34.4 Å². The van der Waals surface area contributed by atoms with Crippen molar-refractivity contribution in [2.75, 3.05) is 31.0 Å². The highest BCUT2D eigenvalue weighted by atomic mass is 16.6. The first-order valence-electron chi connectivity index (χ1n) is 10.0. The summed E-state index contributed by atoms with van der Waals surface area (Å²) in [6.45, 7) is 3.20. The Morgan fingerprint density at radius 1 is 0.935 bits per heavy atom. The first kappa shape index (κ1) is 22.1. The molecule has 0 saturated carbocycles. The molecule has 2 N–H and O–H groups in total. The van der Waals surface area contributed by atoms with Gasteiger partial charge < -0.3 is 14.8 Å². The van der Waals surface area contributed by atoms with Crippen LogP contribution in [0.1, 0.15) is 13.3 Å². The van der Waals surface area contributed by atoms with Gasteiger partial charge in [-0.05, 0) is 37.3 Å². The zero-order valence-electron chi connectivity index (χ0n) is 17.6. The van der Waals surface area contributed by atoms with Crippen molar-refractivity contribution in [3.63, 3.8) is 0 Å². The van der Waals surface area contributed by atoms with Crippen LogP contribution >= 0.6 is 0 Å². The van der Waals surface area contributed by atoms with Gasteiger partial charge in [-0.3, -0.25) is 19.2 Å². The summed E-state index contributed by atoms with van der Waals surface area (Å²) < 4.78 is 13.1. The van der Waals surface area contributed by atoms with Gasteiger partial charge in [-0.1, -0.05) is 18.2 Å². The third-order valence-corrected chi connectivity index (χ3v) is 4.72. The van der Waals surface area contributed by atoms with E-state index >= 15 is 0 Å². The second-order valence-corrected chi connectivity index (χ2v) is 6.80. The fourth-order valence-electron chi connectivity index (χ4n) is 3.28. The molecule has 1 heterocycles. The molecule has 0 bridgehead atoms. The number of carbonyl (C=O) groups excluding carboxylic acids is 2. The van der Waals surface area contributed by atoms with Gasteiger partial charge in [0.1, 0.15) is 6.61 Å². The number of para-hydroxylation sites is 2. The number of benzene rings is 2. The van der Waals surface area contributed by atoms with Crippen LogP contribution in [0.15, 0.2) is 53.3 Å². The van der Waals surface area contributed by atoms with Crippen molar-refractivity contribution in [2.24, 2.45) is 0 Å². The van der Waals surface area contributed by atoms with Crippen molar-refractivity contribution < 1.29 is 19.1 Å². The van der Waals surface area contributed by atoms with E-state index in [1.54, 1.807) is 33.4 Å². The van der Waals surface area contributed by atoms with E-state index in [-0.39, 0.29) is 31.2 Å². The Kier molecular flexibility index (Phi) is 7.45. The average molecular weight is 426 g/mol. The van der Waals surface area contributed by atoms with Crippen LogP contribution in [0.3, 0.4) is 0 Å². The summed E-state index contributed by atoms with van der Waals surface area (Å²) in [5.74, 6) is -0.236. The number of aryl methyl sites for hydroxylation is 2. The Balaban J connectivity index is 1.61. The van der Waals surface area contributed by atoms with Gasteiger partial charge in [0.2, 0.25) is 5.91 Å². The topological polar surface area (TPSA) is 104 Å². The van der Waals surface area contributed by atoms with Gasteiger partial charge in [0, 0.05) is 38.0 Å². The second-order valence-electron chi connectivity index (χ2n) is 6.80. The number of methoxy groups -OCH3 is 1. The van der Waals surface area contributed by atoms with Gasteiger partial charge in [0.15, 0.2) is 0 Å². The van der Waals surface area contributed by atoms with Gasteiger partial charge in [0.05, 0.1) is 17.6 Å². The van der Waals surface area contributed by atoms with Crippen LogP contribution in [0, 0.1) is 0 Å². The molecule has 0 aliphatic carbocycles. The Hall–Kier alpha value is -3.59. The number of amides is 2. The number of ether oxygens (including phenoxy) is 2.